The SMILES string of the molecule is Cc1ccc(COC(=O)N2CCC[C@@H]3C2CCN3c2ncnc3[nH]ccc23)cc1. The van der Waals surface area contributed by atoms with Crippen LogP contribution in [-0.2, 0) is 11.3 Å². The fraction of sp³-hybridized carbons (Fsp3) is 0.409. The summed E-state index contributed by atoms with van der Waals surface area (Å²) < 4.78 is 5.65. The van der Waals surface area contributed by atoms with Gasteiger partial charge in [-0.3, -0.25) is 0 Å². The van der Waals surface area contributed by atoms with Gasteiger partial charge in [0.2, 0.25) is 0 Å². The number of likely N-dealkylation sites (tertiary alicyclic amines) is 1. The van der Waals surface area contributed by atoms with E-state index in [-0.39, 0.29) is 18.2 Å². The number of ether oxygens (including phenoxy) is 1. The van der Waals surface area contributed by atoms with Crippen LogP contribution in [0.2, 0.25) is 0 Å². The van der Waals surface area contributed by atoms with Crippen molar-refractivity contribution in [2.75, 3.05) is 18.0 Å². The fourth-order valence-electron chi connectivity index (χ4n) is 4.68. The largest absolute Gasteiger partial charge is 0.445 e. The third-order valence-electron chi connectivity index (χ3n) is 6.13. The summed E-state index contributed by atoms with van der Waals surface area (Å²) in [4.78, 5) is 29.1. The Labute approximate surface area is 169 Å². The van der Waals surface area contributed by atoms with Gasteiger partial charge in [0.25, 0.3) is 0 Å². The first kappa shape index (κ1) is 18.0. The van der Waals surface area contributed by atoms with Gasteiger partial charge in [-0.15, -0.1) is 0 Å². The predicted molar refractivity (Wildman–Crippen MR) is 111 cm³/mol. The molecule has 2 atom stereocenters. The van der Waals surface area contributed by atoms with Crippen LogP contribution in [-0.4, -0.2) is 51.1 Å². The van der Waals surface area contributed by atoms with Gasteiger partial charge in [0.1, 0.15) is 24.4 Å². The molecule has 0 saturated carbocycles. The standard InChI is InChI=1S/C22H25N5O2/c1-15-4-6-16(7-5-15)13-29-22(28)27-11-2-3-18-19(27)9-12-26(18)21-17-8-10-23-20(17)24-14-25-21/h4-8,10,14,18-19H,2-3,9,11-13H2,1H3,(H,23,24,25)/t18-,19?/m1/s1. The second kappa shape index (κ2) is 7.39. The van der Waals surface area contributed by atoms with Gasteiger partial charge in [-0.2, -0.15) is 0 Å². The normalized spacial score (nSPS) is 21.4. The lowest BCUT2D eigenvalue weighted by molar-refractivity contribution is 0.0673. The van der Waals surface area contributed by atoms with Crippen LogP contribution in [0.5, 0.6) is 0 Å². The van der Waals surface area contributed by atoms with Crippen LogP contribution < -0.4 is 4.90 Å². The number of benzene rings is 1. The predicted octanol–water partition coefficient (Wildman–Crippen LogP) is 3.65. The molecule has 4 heterocycles. The highest BCUT2D eigenvalue weighted by Crippen LogP contribution is 2.36. The average molecular weight is 391 g/mol. The zero-order valence-corrected chi connectivity index (χ0v) is 16.5. The zero-order valence-electron chi connectivity index (χ0n) is 16.5. The molecule has 150 valence electrons. The van der Waals surface area contributed by atoms with Gasteiger partial charge in [0.05, 0.1) is 17.5 Å². The minimum Gasteiger partial charge on any atom is -0.445 e. The molecule has 0 bridgehead atoms. The van der Waals surface area contributed by atoms with Gasteiger partial charge < -0.3 is 19.5 Å². The van der Waals surface area contributed by atoms with Crippen molar-refractivity contribution in [2.24, 2.45) is 0 Å². The number of carbonyl (C=O) groups excluding carboxylic acids is 1. The Hall–Kier alpha value is -3.09. The number of H-pyrrole nitrogens is 1. The van der Waals surface area contributed by atoms with Crippen molar-refractivity contribution in [3.8, 4) is 0 Å². The number of aromatic amines is 1. The van der Waals surface area contributed by atoms with E-state index in [2.05, 4.69) is 26.8 Å². The number of aromatic nitrogens is 3. The minimum absolute atomic E-state index is 0.165. The molecule has 2 aliphatic rings. The number of hydrogen-bond acceptors (Lipinski definition) is 5. The molecular weight excluding hydrogens is 366 g/mol. The Bertz CT molecular complexity index is 1020. The monoisotopic (exact) mass is 391 g/mol. The summed E-state index contributed by atoms with van der Waals surface area (Å²) in [6.45, 7) is 4.00. The van der Waals surface area contributed by atoms with Crippen molar-refractivity contribution < 1.29 is 9.53 Å². The Balaban J connectivity index is 1.30. The van der Waals surface area contributed by atoms with E-state index < -0.39 is 0 Å². The summed E-state index contributed by atoms with van der Waals surface area (Å²) >= 11 is 0. The number of amides is 1. The molecule has 29 heavy (non-hydrogen) atoms. The summed E-state index contributed by atoms with van der Waals surface area (Å²) in [6, 6.07) is 10.6. The van der Waals surface area contributed by atoms with E-state index in [4.69, 9.17) is 4.74 Å². The third-order valence-corrected chi connectivity index (χ3v) is 6.13. The van der Waals surface area contributed by atoms with Gasteiger partial charge in [-0.05, 0) is 37.8 Å². The van der Waals surface area contributed by atoms with Crippen molar-refractivity contribution in [1.82, 2.24) is 19.9 Å². The van der Waals surface area contributed by atoms with Crippen LogP contribution in [0.3, 0.4) is 0 Å². The van der Waals surface area contributed by atoms with Crippen molar-refractivity contribution in [2.45, 2.75) is 44.9 Å². The Morgan fingerprint density at radius 2 is 2.00 bits per heavy atom. The number of anilines is 1. The van der Waals surface area contributed by atoms with Gasteiger partial charge in [-0.1, -0.05) is 29.8 Å². The first-order valence-corrected chi connectivity index (χ1v) is 10.2. The van der Waals surface area contributed by atoms with E-state index in [0.29, 0.717) is 6.61 Å². The Kier molecular flexibility index (Phi) is 4.58. The summed E-state index contributed by atoms with van der Waals surface area (Å²) in [5, 5.41) is 1.03. The first-order valence-electron chi connectivity index (χ1n) is 10.2. The number of nitrogens with one attached hydrogen (secondary N) is 1. The molecule has 2 aromatic heterocycles. The number of nitrogens with zero attached hydrogens (tertiary/aromatic N) is 4. The smallest absolute Gasteiger partial charge is 0.410 e. The second-order valence-corrected chi connectivity index (χ2v) is 7.93. The lowest BCUT2D eigenvalue weighted by atomic mass is 9.97. The van der Waals surface area contributed by atoms with E-state index in [0.717, 1.165) is 54.8 Å². The molecule has 7 nitrogen and oxygen atoms in total. The van der Waals surface area contributed by atoms with Crippen LogP contribution in [0.4, 0.5) is 10.6 Å². The van der Waals surface area contributed by atoms with Crippen molar-refractivity contribution in [3.05, 3.63) is 54.0 Å². The van der Waals surface area contributed by atoms with Crippen molar-refractivity contribution in [3.63, 3.8) is 0 Å². The fourth-order valence-corrected chi connectivity index (χ4v) is 4.68. The zero-order chi connectivity index (χ0) is 19.8. The van der Waals surface area contributed by atoms with Crippen molar-refractivity contribution in [1.29, 1.82) is 0 Å². The van der Waals surface area contributed by atoms with Gasteiger partial charge in [0, 0.05) is 19.3 Å². The van der Waals surface area contributed by atoms with E-state index in [1.54, 1.807) is 6.33 Å². The number of carbonyl (C=O) groups is 1. The van der Waals surface area contributed by atoms with E-state index in [1.165, 1.54) is 5.56 Å². The number of rotatable bonds is 3. The molecule has 1 aromatic carbocycles. The molecule has 1 amide bonds. The molecule has 2 aliphatic heterocycles. The van der Waals surface area contributed by atoms with Gasteiger partial charge in [0.15, 0.2) is 0 Å². The highest BCUT2D eigenvalue weighted by Gasteiger charge is 2.43. The average Bonchev–Trinajstić information content (AvgIpc) is 3.39. The summed E-state index contributed by atoms with van der Waals surface area (Å²) in [7, 11) is 0. The molecule has 5 rings (SSSR count). The lowest BCUT2D eigenvalue weighted by Gasteiger charge is -2.39. The van der Waals surface area contributed by atoms with Crippen LogP contribution in [0.15, 0.2) is 42.9 Å². The molecule has 7 heteroatoms. The molecule has 1 N–H and O–H groups in total. The lowest BCUT2D eigenvalue weighted by Crippen LogP contribution is -2.52. The summed E-state index contributed by atoms with van der Waals surface area (Å²) in [6.07, 6.45) is 6.25. The van der Waals surface area contributed by atoms with Crippen LogP contribution >= 0.6 is 0 Å². The number of hydrogen-bond donors (Lipinski definition) is 1. The Morgan fingerprint density at radius 3 is 2.86 bits per heavy atom. The number of fused-ring (bicyclic) bond motifs is 2. The quantitative estimate of drug-likeness (QED) is 0.738. The maximum Gasteiger partial charge on any atom is 0.410 e. The van der Waals surface area contributed by atoms with Crippen LogP contribution in [0.1, 0.15) is 30.4 Å². The molecule has 0 spiro atoms. The van der Waals surface area contributed by atoms with E-state index >= 15 is 0 Å². The minimum atomic E-state index is -0.211. The van der Waals surface area contributed by atoms with Crippen molar-refractivity contribution >= 4 is 22.9 Å². The molecule has 0 aliphatic carbocycles. The number of aryl methyl sites for hydroxylation is 1. The summed E-state index contributed by atoms with van der Waals surface area (Å²) in [5.41, 5.74) is 3.07. The molecule has 0 radical (unpaired) electrons. The van der Waals surface area contributed by atoms with Crippen LogP contribution in [0.25, 0.3) is 11.0 Å². The van der Waals surface area contributed by atoms with Gasteiger partial charge in [-0.25, -0.2) is 14.8 Å². The molecule has 1 unspecified atom stereocenters. The maximum absolute atomic E-state index is 12.8. The van der Waals surface area contributed by atoms with E-state index in [9.17, 15) is 4.79 Å². The molecule has 3 aromatic rings. The Morgan fingerprint density at radius 1 is 1.14 bits per heavy atom. The highest BCUT2D eigenvalue weighted by atomic mass is 16.6. The first-order chi connectivity index (χ1) is 14.2. The second-order valence-electron chi connectivity index (χ2n) is 7.93. The van der Waals surface area contributed by atoms with Gasteiger partial charge >= 0.3 is 6.09 Å². The topological polar surface area (TPSA) is 74.3 Å². The van der Waals surface area contributed by atoms with Crippen LogP contribution in [0, 0.1) is 6.92 Å². The molecule has 2 fully saturated rings. The third kappa shape index (κ3) is 3.30. The summed E-state index contributed by atoms with van der Waals surface area (Å²) in [5.74, 6) is 0.957. The van der Waals surface area contributed by atoms with E-state index in [1.807, 2.05) is 41.4 Å². The number of piperidine rings is 1. The highest BCUT2D eigenvalue weighted by molar-refractivity contribution is 5.87. The maximum atomic E-state index is 12.8. The molecule has 2 saturated heterocycles. The molecular formula is C22H25N5O2.